The molecule has 4 nitrogen and oxygen atoms in total. The number of carbonyl (C=O) groups excluding carboxylic acids is 2. The molecule has 2 rings (SSSR count). The largest absolute Gasteiger partial charge is 0.336 e. The number of benzene rings is 1. The molecule has 0 spiro atoms. The van der Waals surface area contributed by atoms with E-state index in [0.29, 0.717) is 6.42 Å². The third-order valence-electron chi connectivity index (χ3n) is 4.18. The Balaban J connectivity index is 2.03. The van der Waals surface area contributed by atoms with Crippen LogP contribution in [0.25, 0.3) is 0 Å². The highest BCUT2D eigenvalue weighted by Gasteiger charge is 2.28. The molecule has 114 valence electrons. The molecule has 1 aliphatic heterocycles. The lowest BCUT2D eigenvalue weighted by atomic mass is 9.93. The summed E-state index contributed by atoms with van der Waals surface area (Å²) in [7, 11) is 1.71. The molecule has 0 radical (unpaired) electrons. The molecule has 1 atom stereocenters. The first-order valence-corrected chi connectivity index (χ1v) is 7.65. The van der Waals surface area contributed by atoms with Crippen LogP contribution in [0, 0.1) is 0 Å². The topological polar surface area (TPSA) is 40.6 Å². The minimum atomic E-state index is 0.0314. The first kappa shape index (κ1) is 15.5. The summed E-state index contributed by atoms with van der Waals surface area (Å²) in [6, 6.07) is 8.35. The predicted molar refractivity (Wildman–Crippen MR) is 82.8 cm³/mol. The van der Waals surface area contributed by atoms with Crippen LogP contribution >= 0.6 is 0 Å². The average Bonchev–Trinajstić information content (AvgIpc) is 2.48. The van der Waals surface area contributed by atoms with Gasteiger partial charge in [-0.15, -0.1) is 0 Å². The lowest BCUT2D eigenvalue weighted by Crippen LogP contribution is -2.44. The van der Waals surface area contributed by atoms with Crippen molar-refractivity contribution < 1.29 is 9.59 Å². The van der Waals surface area contributed by atoms with Gasteiger partial charge in [0, 0.05) is 20.0 Å². The van der Waals surface area contributed by atoms with E-state index in [1.54, 1.807) is 11.9 Å². The van der Waals surface area contributed by atoms with E-state index < -0.39 is 0 Å². The fourth-order valence-corrected chi connectivity index (χ4v) is 2.90. The zero-order valence-electron chi connectivity index (χ0n) is 13.1. The number of carbonyl (C=O) groups is 2. The summed E-state index contributed by atoms with van der Waals surface area (Å²) in [5, 5.41) is 0. The fraction of sp³-hybridized carbons (Fsp3) is 0.529. The van der Waals surface area contributed by atoms with Crippen molar-refractivity contribution in [2.45, 2.75) is 39.2 Å². The highest BCUT2D eigenvalue weighted by atomic mass is 16.2. The SMILES string of the molecule is CCCC(=O)N(C)CC(=O)N1CCc2ccccc2C1C. The highest BCUT2D eigenvalue weighted by Crippen LogP contribution is 2.29. The van der Waals surface area contributed by atoms with E-state index in [4.69, 9.17) is 0 Å². The van der Waals surface area contributed by atoms with E-state index >= 15 is 0 Å². The van der Waals surface area contributed by atoms with Crippen LogP contribution in [0.3, 0.4) is 0 Å². The van der Waals surface area contributed by atoms with E-state index in [-0.39, 0.29) is 24.4 Å². The van der Waals surface area contributed by atoms with Crippen molar-refractivity contribution in [1.82, 2.24) is 9.80 Å². The molecule has 1 heterocycles. The molecule has 1 aromatic carbocycles. The van der Waals surface area contributed by atoms with Gasteiger partial charge in [0.25, 0.3) is 0 Å². The van der Waals surface area contributed by atoms with Crippen molar-refractivity contribution in [3.63, 3.8) is 0 Å². The summed E-state index contributed by atoms with van der Waals surface area (Å²) < 4.78 is 0. The lowest BCUT2D eigenvalue weighted by molar-refractivity contribution is -0.141. The standard InChI is InChI=1S/C17H24N2O2/c1-4-7-16(20)18(3)12-17(21)19-11-10-14-8-5-6-9-15(14)13(19)2/h5-6,8-9,13H,4,7,10-12H2,1-3H3. The molecule has 0 saturated heterocycles. The summed E-state index contributed by atoms with van der Waals surface area (Å²) >= 11 is 0. The Labute approximate surface area is 126 Å². The Hall–Kier alpha value is -1.84. The third-order valence-corrected chi connectivity index (χ3v) is 4.18. The molecule has 1 unspecified atom stereocenters. The van der Waals surface area contributed by atoms with Crippen LogP contribution in [0.4, 0.5) is 0 Å². The number of hydrogen-bond acceptors (Lipinski definition) is 2. The molecule has 1 aliphatic rings. The van der Waals surface area contributed by atoms with Gasteiger partial charge < -0.3 is 9.80 Å². The molecule has 0 bridgehead atoms. The van der Waals surface area contributed by atoms with Crippen molar-refractivity contribution in [3.05, 3.63) is 35.4 Å². The average molecular weight is 288 g/mol. The molecule has 0 aliphatic carbocycles. The Morgan fingerprint density at radius 3 is 2.76 bits per heavy atom. The molecular weight excluding hydrogens is 264 g/mol. The molecular formula is C17H24N2O2. The third kappa shape index (κ3) is 3.43. The quantitative estimate of drug-likeness (QED) is 0.853. The predicted octanol–water partition coefficient (Wildman–Crippen LogP) is 2.39. The molecule has 0 N–H and O–H groups in total. The number of amides is 2. The van der Waals surface area contributed by atoms with Gasteiger partial charge in [0.05, 0.1) is 12.6 Å². The smallest absolute Gasteiger partial charge is 0.242 e. The summed E-state index contributed by atoms with van der Waals surface area (Å²) in [4.78, 5) is 27.7. The van der Waals surface area contributed by atoms with Crippen LogP contribution < -0.4 is 0 Å². The molecule has 1 aromatic rings. The second-order valence-electron chi connectivity index (χ2n) is 5.71. The highest BCUT2D eigenvalue weighted by molar-refractivity contribution is 5.85. The first-order valence-electron chi connectivity index (χ1n) is 7.65. The lowest BCUT2D eigenvalue weighted by Gasteiger charge is -2.36. The van der Waals surface area contributed by atoms with E-state index in [1.807, 2.05) is 24.0 Å². The summed E-state index contributed by atoms with van der Waals surface area (Å²) in [5.74, 6) is 0.0693. The van der Waals surface area contributed by atoms with Gasteiger partial charge in [-0.05, 0) is 30.9 Å². The minimum Gasteiger partial charge on any atom is -0.336 e. The van der Waals surface area contributed by atoms with Gasteiger partial charge in [-0.25, -0.2) is 0 Å². The molecule has 0 fully saturated rings. The number of nitrogens with zero attached hydrogens (tertiary/aromatic N) is 2. The van der Waals surface area contributed by atoms with Gasteiger partial charge in [0.2, 0.25) is 11.8 Å². The van der Waals surface area contributed by atoms with Gasteiger partial charge >= 0.3 is 0 Å². The van der Waals surface area contributed by atoms with E-state index in [2.05, 4.69) is 19.1 Å². The molecule has 4 heteroatoms. The van der Waals surface area contributed by atoms with E-state index in [1.165, 1.54) is 11.1 Å². The van der Waals surface area contributed by atoms with Crippen molar-refractivity contribution in [2.75, 3.05) is 20.1 Å². The fourth-order valence-electron chi connectivity index (χ4n) is 2.90. The van der Waals surface area contributed by atoms with Crippen molar-refractivity contribution in [2.24, 2.45) is 0 Å². The van der Waals surface area contributed by atoms with Crippen LogP contribution in [0.15, 0.2) is 24.3 Å². The normalized spacial score (nSPS) is 17.3. The number of rotatable bonds is 4. The Bertz CT molecular complexity index is 527. The Morgan fingerprint density at radius 1 is 1.33 bits per heavy atom. The first-order chi connectivity index (χ1) is 10.0. The number of likely N-dealkylation sites (N-methyl/N-ethyl adjacent to an activating group) is 1. The maximum atomic E-state index is 12.5. The summed E-state index contributed by atoms with van der Waals surface area (Å²) in [5.41, 5.74) is 2.55. The Kier molecular flexibility index (Phi) is 4.99. The van der Waals surface area contributed by atoms with Crippen LogP contribution in [-0.2, 0) is 16.0 Å². The summed E-state index contributed by atoms with van der Waals surface area (Å²) in [6.07, 6.45) is 2.20. The van der Waals surface area contributed by atoms with Crippen molar-refractivity contribution in [1.29, 1.82) is 0 Å². The second-order valence-corrected chi connectivity index (χ2v) is 5.71. The zero-order valence-corrected chi connectivity index (χ0v) is 13.1. The second kappa shape index (κ2) is 6.74. The van der Waals surface area contributed by atoms with Crippen LogP contribution in [0.5, 0.6) is 0 Å². The van der Waals surface area contributed by atoms with Crippen molar-refractivity contribution >= 4 is 11.8 Å². The van der Waals surface area contributed by atoms with Gasteiger partial charge in [-0.2, -0.15) is 0 Å². The van der Waals surface area contributed by atoms with Gasteiger partial charge in [0.15, 0.2) is 0 Å². The number of hydrogen-bond donors (Lipinski definition) is 0. The maximum absolute atomic E-state index is 12.5. The van der Waals surface area contributed by atoms with Gasteiger partial charge in [-0.3, -0.25) is 9.59 Å². The van der Waals surface area contributed by atoms with Crippen molar-refractivity contribution in [3.8, 4) is 0 Å². The monoisotopic (exact) mass is 288 g/mol. The number of fused-ring (bicyclic) bond motifs is 1. The van der Waals surface area contributed by atoms with Crippen LogP contribution in [0.2, 0.25) is 0 Å². The van der Waals surface area contributed by atoms with E-state index in [9.17, 15) is 9.59 Å². The maximum Gasteiger partial charge on any atom is 0.242 e. The van der Waals surface area contributed by atoms with E-state index in [0.717, 1.165) is 19.4 Å². The molecule has 0 saturated carbocycles. The zero-order chi connectivity index (χ0) is 15.4. The minimum absolute atomic E-state index is 0.0314. The molecule has 2 amide bonds. The van der Waals surface area contributed by atoms with Crippen LogP contribution in [-0.4, -0.2) is 41.8 Å². The Morgan fingerprint density at radius 2 is 2.05 bits per heavy atom. The van der Waals surface area contributed by atoms with Gasteiger partial charge in [-0.1, -0.05) is 31.2 Å². The molecule has 21 heavy (non-hydrogen) atoms. The summed E-state index contributed by atoms with van der Waals surface area (Å²) in [6.45, 7) is 4.93. The van der Waals surface area contributed by atoms with Crippen LogP contribution in [0.1, 0.15) is 43.9 Å². The van der Waals surface area contributed by atoms with Gasteiger partial charge in [0.1, 0.15) is 0 Å². The molecule has 0 aromatic heterocycles.